The summed E-state index contributed by atoms with van der Waals surface area (Å²) in [5.41, 5.74) is 1.76. The van der Waals surface area contributed by atoms with Gasteiger partial charge in [0.2, 0.25) is 5.95 Å². The molecule has 0 fully saturated rings. The van der Waals surface area contributed by atoms with E-state index in [0.717, 1.165) is 12.5 Å². The van der Waals surface area contributed by atoms with Crippen molar-refractivity contribution in [1.82, 2.24) is 9.97 Å². The van der Waals surface area contributed by atoms with Gasteiger partial charge in [0.1, 0.15) is 6.29 Å². The molecular formula is C10H7FN2O. The Balaban J connectivity index is 2.70. The van der Waals surface area contributed by atoms with Crippen LogP contribution in [0.5, 0.6) is 0 Å². The van der Waals surface area contributed by atoms with E-state index in [2.05, 4.69) is 9.97 Å². The van der Waals surface area contributed by atoms with Crippen LogP contribution in [0.2, 0.25) is 0 Å². The van der Waals surface area contributed by atoms with Gasteiger partial charge in [-0.05, 0) is 11.6 Å². The van der Waals surface area contributed by atoms with Crippen LogP contribution in [0, 0.1) is 5.95 Å². The first-order chi connectivity index (χ1) is 6.81. The van der Waals surface area contributed by atoms with E-state index in [1.807, 2.05) is 0 Å². The van der Waals surface area contributed by atoms with Gasteiger partial charge in [0.05, 0.1) is 17.2 Å². The van der Waals surface area contributed by atoms with Crippen molar-refractivity contribution in [2.75, 3.05) is 0 Å². The van der Waals surface area contributed by atoms with Gasteiger partial charge in [-0.25, -0.2) is 9.97 Å². The van der Waals surface area contributed by atoms with Crippen LogP contribution in [-0.4, -0.2) is 16.3 Å². The predicted octanol–water partition coefficient (Wildman–Crippen LogP) is 1.51. The van der Waals surface area contributed by atoms with Crippen LogP contribution in [0.15, 0.2) is 24.4 Å². The minimum Gasteiger partial charge on any atom is -0.303 e. The number of fused-ring (bicyclic) bond motifs is 1. The third-order valence-corrected chi connectivity index (χ3v) is 1.93. The molecule has 0 N–H and O–H groups in total. The molecule has 2 rings (SSSR count). The number of halogens is 1. The van der Waals surface area contributed by atoms with Crippen molar-refractivity contribution in [2.45, 2.75) is 6.42 Å². The van der Waals surface area contributed by atoms with Gasteiger partial charge >= 0.3 is 0 Å². The fourth-order valence-electron chi connectivity index (χ4n) is 1.32. The van der Waals surface area contributed by atoms with E-state index < -0.39 is 5.95 Å². The molecule has 70 valence electrons. The van der Waals surface area contributed by atoms with Crippen LogP contribution < -0.4 is 0 Å². The number of hydrogen-bond donors (Lipinski definition) is 0. The molecular weight excluding hydrogens is 183 g/mol. The van der Waals surface area contributed by atoms with Crippen molar-refractivity contribution in [3.63, 3.8) is 0 Å². The zero-order chi connectivity index (χ0) is 9.97. The first-order valence-corrected chi connectivity index (χ1v) is 4.15. The zero-order valence-electron chi connectivity index (χ0n) is 7.27. The van der Waals surface area contributed by atoms with Gasteiger partial charge in [-0.3, -0.25) is 0 Å². The molecule has 0 spiro atoms. The quantitative estimate of drug-likeness (QED) is 0.674. The summed E-state index contributed by atoms with van der Waals surface area (Å²) in [5, 5.41) is 0. The van der Waals surface area contributed by atoms with Crippen molar-refractivity contribution in [2.24, 2.45) is 0 Å². The lowest BCUT2D eigenvalue weighted by Crippen LogP contribution is -1.94. The molecule has 14 heavy (non-hydrogen) atoms. The molecule has 0 bridgehead atoms. The summed E-state index contributed by atoms with van der Waals surface area (Å²) < 4.78 is 12.8. The molecule has 0 aliphatic rings. The van der Waals surface area contributed by atoms with Crippen LogP contribution in [0.4, 0.5) is 4.39 Å². The Morgan fingerprint density at radius 1 is 1.43 bits per heavy atom. The van der Waals surface area contributed by atoms with E-state index in [9.17, 15) is 9.18 Å². The Morgan fingerprint density at radius 3 is 3.07 bits per heavy atom. The van der Waals surface area contributed by atoms with Gasteiger partial charge in [-0.2, -0.15) is 4.39 Å². The molecule has 0 aliphatic carbocycles. The van der Waals surface area contributed by atoms with Gasteiger partial charge in [-0.15, -0.1) is 0 Å². The molecule has 0 saturated carbocycles. The van der Waals surface area contributed by atoms with E-state index in [1.54, 1.807) is 18.2 Å². The molecule has 3 nitrogen and oxygen atoms in total. The Labute approximate surface area is 79.6 Å². The van der Waals surface area contributed by atoms with Crippen molar-refractivity contribution < 1.29 is 9.18 Å². The molecule has 0 amide bonds. The third kappa shape index (κ3) is 1.46. The van der Waals surface area contributed by atoms with Gasteiger partial charge < -0.3 is 4.79 Å². The molecule has 1 aromatic carbocycles. The Kier molecular flexibility index (Phi) is 2.18. The van der Waals surface area contributed by atoms with Crippen LogP contribution >= 0.6 is 0 Å². The van der Waals surface area contributed by atoms with Gasteiger partial charge in [0.25, 0.3) is 0 Å². The Hall–Kier alpha value is -1.84. The van der Waals surface area contributed by atoms with Crippen LogP contribution in [-0.2, 0) is 11.2 Å². The maximum atomic E-state index is 12.8. The summed E-state index contributed by atoms with van der Waals surface area (Å²) in [6.07, 6.45) is 2.06. The standard InChI is InChI=1S/C10H7FN2O/c11-9-6-12-8-3-1-2-7(4-5-14)10(8)13-9/h1-3,5-6H,4H2. The Morgan fingerprint density at radius 2 is 2.29 bits per heavy atom. The van der Waals surface area contributed by atoms with Crippen molar-refractivity contribution >= 4 is 17.3 Å². The fraction of sp³-hybridized carbons (Fsp3) is 0.100. The largest absolute Gasteiger partial charge is 0.303 e. The monoisotopic (exact) mass is 190 g/mol. The second-order valence-corrected chi connectivity index (χ2v) is 2.85. The summed E-state index contributed by atoms with van der Waals surface area (Å²) in [5.74, 6) is -0.629. The van der Waals surface area contributed by atoms with E-state index in [1.165, 1.54) is 0 Å². The molecule has 4 heteroatoms. The number of carbonyl (C=O) groups is 1. The summed E-state index contributed by atoms with van der Waals surface area (Å²) >= 11 is 0. The second-order valence-electron chi connectivity index (χ2n) is 2.85. The highest BCUT2D eigenvalue weighted by atomic mass is 19.1. The highest BCUT2D eigenvalue weighted by Gasteiger charge is 2.03. The lowest BCUT2D eigenvalue weighted by atomic mass is 10.1. The molecule has 2 aromatic rings. The number of nitrogens with zero attached hydrogens (tertiary/aromatic N) is 2. The highest BCUT2D eigenvalue weighted by Crippen LogP contribution is 2.14. The lowest BCUT2D eigenvalue weighted by molar-refractivity contribution is -0.107. The van der Waals surface area contributed by atoms with Crippen molar-refractivity contribution in [3.8, 4) is 0 Å². The van der Waals surface area contributed by atoms with Crippen molar-refractivity contribution in [3.05, 3.63) is 35.9 Å². The van der Waals surface area contributed by atoms with Crippen LogP contribution in [0.25, 0.3) is 11.0 Å². The van der Waals surface area contributed by atoms with Gasteiger partial charge in [0, 0.05) is 6.42 Å². The molecule has 1 heterocycles. The SMILES string of the molecule is O=CCc1cccc2ncc(F)nc12. The number of aldehydes is 1. The number of aromatic nitrogens is 2. The average Bonchev–Trinajstić information content (AvgIpc) is 2.19. The highest BCUT2D eigenvalue weighted by molar-refractivity contribution is 5.79. The van der Waals surface area contributed by atoms with Crippen LogP contribution in [0.3, 0.4) is 0 Å². The smallest absolute Gasteiger partial charge is 0.231 e. The van der Waals surface area contributed by atoms with E-state index in [0.29, 0.717) is 16.6 Å². The number of hydrogen-bond acceptors (Lipinski definition) is 3. The van der Waals surface area contributed by atoms with Crippen molar-refractivity contribution in [1.29, 1.82) is 0 Å². The summed E-state index contributed by atoms with van der Waals surface area (Å²) in [6, 6.07) is 5.24. The number of rotatable bonds is 2. The number of para-hydroxylation sites is 1. The summed E-state index contributed by atoms with van der Waals surface area (Å²) in [7, 11) is 0. The average molecular weight is 190 g/mol. The predicted molar refractivity (Wildman–Crippen MR) is 49.3 cm³/mol. The maximum Gasteiger partial charge on any atom is 0.231 e. The molecule has 0 radical (unpaired) electrons. The Bertz CT molecular complexity index is 485. The molecule has 0 saturated heterocycles. The van der Waals surface area contributed by atoms with Gasteiger partial charge in [0.15, 0.2) is 0 Å². The fourth-order valence-corrected chi connectivity index (χ4v) is 1.32. The number of carbonyl (C=O) groups excluding carboxylic acids is 1. The van der Waals surface area contributed by atoms with E-state index >= 15 is 0 Å². The minimum atomic E-state index is -0.629. The van der Waals surface area contributed by atoms with E-state index in [4.69, 9.17) is 0 Å². The normalized spacial score (nSPS) is 10.4. The first-order valence-electron chi connectivity index (χ1n) is 4.15. The number of benzene rings is 1. The topological polar surface area (TPSA) is 42.9 Å². The third-order valence-electron chi connectivity index (χ3n) is 1.93. The maximum absolute atomic E-state index is 12.8. The molecule has 0 aliphatic heterocycles. The second kappa shape index (κ2) is 3.49. The minimum absolute atomic E-state index is 0.232. The van der Waals surface area contributed by atoms with Gasteiger partial charge in [-0.1, -0.05) is 12.1 Å². The molecule has 0 unspecified atom stereocenters. The molecule has 0 atom stereocenters. The first kappa shape index (κ1) is 8.74. The van der Waals surface area contributed by atoms with E-state index in [-0.39, 0.29) is 6.42 Å². The van der Waals surface area contributed by atoms with Crippen LogP contribution in [0.1, 0.15) is 5.56 Å². The summed E-state index contributed by atoms with van der Waals surface area (Å²) in [6.45, 7) is 0. The zero-order valence-corrected chi connectivity index (χ0v) is 7.27. The lowest BCUT2D eigenvalue weighted by Gasteiger charge is -2.00. The molecule has 1 aromatic heterocycles. The summed E-state index contributed by atoms with van der Waals surface area (Å²) in [4.78, 5) is 17.9.